The van der Waals surface area contributed by atoms with Crippen molar-refractivity contribution in [3.8, 4) is 22.9 Å². The predicted octanol–water partition coefficient (Wildman–Crippen LogP) is 5.59. The minimum atomic E-state index is -0.0808. The Morgan fingerprint density at radius 3 is 1.33 bits per heavy atom. The number of hydrogen-bond donors (Lipinski definition) is 0. The third-order valence-electron chi connectivity index (χ3n) is 3.88. The number of aromatic nitrogens is 2. The van der Waals surface area contributed by atoms with E-state index in [4.69, 9.17) is 8.83 Å². The average Bonchev–Trinajstić information content (AvgIpc) is 3.16. The van der Waals surface area contributed by atoms with Gasteiger partial charge in [0.05, 0.1) is 12.4 Å². The molecule has 0 amide bonds. The normalized spacial score (nSPS) is 12.6. The molecule has 3 aromatic rings. The molecule has 0 atom stereocenters. The lowest BCUT2D eigenvalue weighted by molar-refractivity contribution is 0.413. The highest BCUT2D eigenvalue weighted by molar-refractivity contribution is 5.75. The van der Waals surface area contributed by atoms with Crippen LogP contribution in [-0.4, -0.2) is 9.97 Å². The highest BCUT2D eigenvalue weighted by atomic mass is 16.4. The van der Waals surface area contributed by atoms with E-state index in [0.717, 1.165) is 22.6 Å². The minimum absolute atomic E-state index is 0.0808. The summed E-state index contributed by atoms with van der Waals surface area (Å²) in [6, 6.07) is 7.89. The van der Waals surface area contributed by atoms with Crippen molar-refractivity contribution in [1.29, 1.82) is 0 Å². The zero-order chi connectivity index (χ0) is 17.5. The molecule has 3 rings (SSSR count). The van der Waals surface area contributed by atoms with Crippen LogP contribution in [0, 0.1) is 0 Å². The second-order valence-electron chi connectivity index (χ2n) is 8.10. The van der Waals surface area contributed by atoms with E-state index in [1.807, 2.05) is 24.3 Å². The summed E-state index contributed by atoms with van der Waals surface area (Å²) in [5, 5.41) is 0. The van der Waals surface area contributed by atoms with Crippen molar-refractivity contribution < 1.29 is 8.83 Å². The summed E-state index contributed by atoms with van der Waals surface area (Å²) in [4.78, 5) is 8.92. The van der Waals surface area contributed by atoms with Gasteiger partial charge in [0.25, 0.3) is 0 Å². The van der Waals surface area contributed by atoms with E-state index < -0.39 is 0 Å². The van der Waals surface area contributed by atoms with Crippen LogP contribution in [0.3, 0.4) is 0 Å². The van der Waals surface area contributed by atoms with Gasteiger partial charge in [-0.25, -0.2) is 9.97 Å². The molecule has 0 aliphatic carbocycles. The molecule has 4 heteroatoms. The Balaban J connectivity index is 2.06. The number of rotatable bonds is 2. The molecule has 0 radical (unpaired) electrons. The summed E-state index contributed by atoms with van der Waals surface area (Å²) in [6.07, 6.45) is 3.59. The lowest BCUT2D eigenvalue weighted by Crippen LogP contribution is -2.09. The summed E-state index contributed by atoms with van der Waals surface area (Å²) in [7, 11) is 0. The van der Waals surface area contributed by atoms with Gasteiger partial charge in [0.15, 0.2) is 0 Å². The smallest absolute Gasteiger partial charge is 0.227 e. The van der Waals surface area contributed by atoms with Gasteiger partial charge in [-0.3, -0.25) is 0 Å². The molecule has 0 spiro atoms. The van der Waals surface area contributed by atoms with Crippen LogP contribution >= 0.6 is 0 Å². The molecular formula is C20H24N2O2. The fourth-order valence-electron chi connectivity index (χ4n) is 2.35. The lowest BCUT2D eigenvalue weighted by Gasteiger charge is -2.13. The van der Waals surface area contributed by atoms with Crippen LogP contribution in [0.4, 0.5) is 0 Å². The van der Waals surface area contributed by atoms with Crippen molar-refractivity contribution in [2.45, 2.75) is 52.4 Å². The summed E-state index contributed by atoms with van der Waals surface area (Å²) in [5.41, 5.74) is 1.61. The van der Waals surface area contributed by atoms with Crippen LogP contribution in [0.15, 0.2) is 45.5 Å². The lowest BCUT2D eigenvalue weighted by atomic mass is 9.94. The van der Waals surface area contributed by atoms with Crippen molar-refractivity contribution in [3.05, 3.63) is 48.2 Å². The van der Waals surface area contributed by atoms with Crippen LogP contribution in [0.2, 0.25) is 0 Å². The molecule has 0 bridgehead atoms. The van der Waals surface area contributed by atoms with Gasteiger partial charge in [-0.15, -0.1) is 0 Å². The number of hydrogen-bond acceptors (Lipinski definition) is 4. The summed E-state index contributed by atoms with van der Waals surface area (Å²) >= 11 is 0. The molecule has 1 aromatic carbocycles. The Bertz CT molecular complexity index is 774. The second kappa shape index (κ2) is 5.62. The van der Waals surface area contributed by atoms with E-state index in [2.05, 4.69) is 51.5 Å². The molecule has 126 valence electrons. The Hall–Kier alpha value is -2.36. The average molecular weight is 324 g/mol. The topological polar surface area (TPSA) is 52.1 Å². The maximum absolute atomic E-state index is 5.99. The molecule has 2 aromatic heterocycles. The third-order valence-corrected chi connectivity index (χ3v) is 3.88. The molecule has 0 unspecified atom stereocenters. The van der Waals surface area contributed by atoms with Crippen molar-refractivity contribution in [1.82, 2.24) is 9.97 Å². The zero-order valence-electron chi connectivity index (χ0n) is 15.2. The van der Waals surface area contributed by atoms with Gasteiger partial charge in [-0.1, -0.05) is 53.7 Å². The van der Waals surface area contributed by atoms with E-state index >= 15 is 0 Å². The zero-order valence-corrected chi connectivity index (χ0v) is 15.2. The molecule has 0 aliphatic heterocycles. The first-order valence-corrected chi connectivity index (χ1v) is 8.18. The SMILES string of the molecule is CC(C)(C)c1cnc(-c2ccccc2-c2ncc(C(C)(C)C)o2)o1. The number of benzene rings is 1. The Labute approximate surface area is 142 Å². The summed E-state index contributed by atoms with van der Waals surface area (Å²) in [5.74, 6) is 2.89. The Morgan fingerprint density at radius 2 is 1.04 bits per heavy atom. The Kier molecular flexibility index (Phi) is 3.86. The predicted molar refractivity (Wildman–Crippen MR) is 94.8 cm³/mol. The fourth-order valence-corrected chi connectivity index (χ4v) is 2.35. The van der Waals surface area contributed by atoms with E-state index in [1.165, 1.54) is 0 Å². The Morgan fingerprint density at radius 1 is 0.667 bits per heavy atom. The first-order chi connectivity index (χ1) is 11.2. The third kappa shape index (κ3) is 3.14. The van der Waals surface area contributed by atoms with Gasteiger partial charge in [-0.2, -0.15) is 0 Å². The molecule has 0 fully saturated rings. The maximum Gasteiger partial charge on any atom is 0.227 e. The molecule has 0 aliphatic rings. The molecule has 0 N–H and O–H groups in total. The van der Waals surface area contributed by atoms with E-state index in [9.17, 15) is 0 Å². The largest absolute Gasteiger partial charge is 0.441 e. The van der Waals surface area contributed by atoms with Gasteiger partial charge in [0.2, 0.25) is 11.8 Å². The van der Waals surface area contributed by atoms with Gasteiger partial charge in [0.1, 0.15) is 11.5 Å². The molecule has 0 saturated heterocycles. The van der Waals surface area contributed by atoms with Crippen LogP contribution in [0.25, 0.3) is 22.9 Å². The van der Waals surface area contributed by atoms with Crippen molar-refractivity contribution in [2.24, 2.45) is 0 Å². The molecule has 2 heterocycles. The van der Waals surface area contributed by atoms with E-state index in [-0.39, 0.29) is 10.8 Å². The van der Waals surface area contributed by atoms with Gasteiger partial charge in [-0.05, 0) is 12.1 Å². The van der Waals surface area contributed by atoms with Gasteiger partial charge in [0, 0.05) is 22.0 Å². The monoisotopic (exact) mass is 324 g/mol. The number of oxazole rings is 2. The van der Waals surface area contributed by atoms with Gasteiger partial charge >= 0.3 is 0 Å². The first kappa shape index (κ1) is 16.5. The van der Waals surface area contributed by atoms with Crippen LogP contribution < -0.4 is 0 Å². The second-order valence-corrected chi connectivity index (χ2v) is 8.10. The summed E-state index contributed by atoms with van der Waals surface area (Å²) < 4.78 is 12.0. The fraction of sp³-hybridized carbons (Fsp3) is 0.400. The highest BCUT2D eigenvalue weighted by Crippen LogP contribution is 2.35. The standard InChI is InChI=1S/C20H24N2O2/c1-19(2,3)15-11-21-17(23-15)13-9-7-8-10-14(13)18-22-12-16(24-18)20(4,5)6/h7-12H,1-6H3. The molecule has 4 nitrogen and oxygen atoms in total. The summed E-state index contributed by atoms with van der Waals surface area (Å²) in [6.45, 7) is 12.6. The van der Waals surface area contributed by atoms with Crippen LogP contribution in [0.1, 0.15) is 53.1 Å². The van der Waals surface area contributed by atoms with Gasteiger partial charge < -0.3 is 8.83 Å². The van der Waals surface area contributed by atoms with Crippen LogP contribution in [-0.2, 0) is 10.8 Å². The van der Waals surface area contributed by atoms with Crippen molar-refractivity contribution in [2.75, 3.05) is 0 Å². The first-order valence-electron chi connectivity index (χ1n) is 8.18. The number of nitrogens with zero attached hydrogens (tertiary/aromatic N) is 2. The van der Waals surface area contributed by atoms with E-state index in [0.29, 0.717) is 11.8 Å². The molecule has 24 heavy (non-hydrogen) atoms. The quantitative estimate of drug-likeness (QED) is 0.616. The maximum atomic E-state index is 5.99. The van der Waals surface area contributed by atoms with Crippen molar-refractivity contribution in [3.63, 3.8) is 0 Å². The minimum Gasteiger partial charge on any atom is -0.441 e. The highest BCUT2D eigenvalue weighted by Gasteiger charge is 2.23. The van der Waals surface area contributed by atoms with Crippen LogP contribution in [0.5, 0.6) is 0 Å². The van der Waals surface area contributed by atoms with Crippen molar-refractivity contribution >= 4 is 0 Å². The van der Waals surface area contributed by atoms with E-state index in [1.54, 1.807) is 12.4 Å². The molecule has 0 saturated carbocycles. The molecular weight excluding hydrogens is 300 g/mol.